The van der Waals surface area contributed by atoms with Gasteiger partial charge in [0, 0.05) is 0 Å². The summed E-state index contributed by atoms with van der Waals surface area (Å²) in [5.74, 6) is 0.903. The Kier molecular flexibility index (Phi) is 5.96. The molecule has 0 bridgehead atoms. The second-order valence-corrected chi connectivity index (χ2v) is 4.81. The van der Waals surface area contributed by atoms with Gasteiger partial charge in [0.25, 0.3) is 0 Å². The lowest BCUT2D eigenvalue weighted by molar-refractivity contribution is -0.138. The van der Waals surface area contributed by atoms with Crippen LogP contribution in [0.3, 0.4) is 0 Å². The van der Waals surface area contributed by atoms with Crippen LogP contribution in [-0.4, -0.2) is 28.6 Å². The molecule has 3 nitrogen and oxygen atoms in total. The van der Waals surface area contributed by atoms with Crippen LogP contribution in [0.15, 0.2) is 30.3 Å². The number of carbonyl (C=O) groups is 1. The van der Waals surface area contributed by atoms with Gasteiger partial charge in [-0.05, 0) is 29.9 Å². The maximum absolute atomic E-state index is 10.5. The van der Waals surface area contributed by atoms with E-state index in [1.165, 1.54) is 5.56 Å². The molecule has 0 aliphatic rings. The summed E-state index contributed by atoms with van der Waals surface area (Å²) in [5, 5.41) is 8.58. The minimum atomic E-state index is -0.913. The highest BCUT2D eigenvalue weighted by atomic mass is 32.2. The number of hydrogen-bond acceptors (Lipinski definition) is 3. The van der Waals surface area contributed by atoms with Crippen molar-refractivity contribution in [3.63, 3.8) is 0 Å². The third-order valence-corrected chi connectivity index (χ3v) is 3.29. The number of hydrogen-bond donors (Lipinski definition) is 2. The molecule has 0 fully saturated rings. The van der Waals surface area contributed by atoms with Gasteiger partial charge < -0.3 is 10.8 Å². The summed E-state index contributed by atoms with van der Waals surface area (Å²) in [7, 11) is 0. The summed E-state index contributed by atoms with van der Waals surface area (Å²) in [6.07, 6.45) is 1.56. The summed E-state index contributed by atoms with van der Waals surface area (Å²) in [4.78, 5) is 10.5. The molecular formula is C12H17NO2S. The van der Waals surface area contributed by atoms with Gasteiger partial charge in [0.05, 0.1) is 0 Å². The van der Waals surface area contributed by atoms with Crippen LogP contribution in [0.25, 0.3) is 0 Å². The number of rotatable bonds is 7. The van der Waals surface area contributed by atoms with Crippen molar-refractivity contribution >= 4 is 17.7 Å². The van der Waals surface area contributed by atoms with Crippen molar-refractivity contribution in [3.05, 3.63) is 35.9 Å². The molecule has 0 aromatic heterocycles. The first-order chi connectivity index (χ1) is 7.70. The van der Waals surface area contributed by atoms with Crippen LogP contribution in [0, 0.1) is 0 Å². The fraction of sp³-hybridized carbons (Fsp3) is 0.417. The van der Waals surface area contributed by atoms with Crippen LogP contribution in [0.4, 0.5) is 0 Å². The standard InChI is InChI=1S/C12H17NO2S/c13-11(12(14)15)7-9-16-8-6-10-4-2-1-3-5-10/h1-5,11H,6-9,13H2,(H,14,15)/t11-/m0/s1. The van der Waals surface area contributed by atoms with E-state index in [1.807, 2.05) is 18.2 Å². The Morgan fingerprint density at radius 1 is 1.31 bits per heavy atom. The maximum Gasteiger partial charge on any atom is 0.320 e. The van der Waals surface area contributed by atoms with E-state index in [1.54, 1.807) is 11.8 Å². The molecule has 0 heterocycles. The largest absolute Gasteiger partial charge is 0.480 e. The second kappa shape index (κ2) is 7.30. The summed E-state index contributed by atoms with van der Waals surface area (Å²) in [6, 6.07) is 9.54. The number of carboxylic acids is 1. The molecule has 0 amide bonds. The maximum atomic E-state index is 10.5. The first kappa shape index (κ1) is 13.1. The van der Waals surface area contributed by atoms with E-state index < -0.39 is 12.0 Å². The van der Waals surface area contributed by atoms with Crippen molar-refractivity contribution in [2.45, 2.75) is 18.9 Å². The molecule has 88 valence electrons. The van der Waals surface area contributed by atoms with Crippen molar-refractivity contribution in [2.75, 3.05) is 11.5 Å². The van der Waals surface area contributed by atoms with E-state index in [-0.39, 0.29) is 0 Å². The molecule has 0 radical (unpaired) electrons. The van der Waals surface area contributed by atoms with Gasteiger partial charge in [-0.2, -0.15) is 11.8 Å². The summed E-state index contributed by atoms with van der Waals surface area (Å²) < 4.78 is 0. The minimum Gasteiger partial charge on any atom is -0.480 e. The molecule has 3 N–H and O–H groups in total. The van der Waals surface area contributed by atoms with Crippen LogP contribution in [0.1, 0.15) is 12.0 Å². The Morgan fingerprint density at radius 3 is 2.62 bits per heavy atom. The van der Waals surface area contributed by atoms with Crippen molar-refractivity contribution in [1.29, 1.82) is 0 Å². The summed E-state index contributed by atoms with van der Waals surface area (Å²) in [6.45, 7) is 0. The predicted octanol–water partition coefficient (Wildman–Crippen LogP) is 1.76. The van der Waals surface area contributed by atoms with Crippen molar-refractivity contribution < 1.29 is 9.90 Å². The molecule has 16 heavy (non-hydrogen) atoms. The Bertz CT molecular complexity index is 316. The molecule has 4 heteroatoms. The van der Waals surface area contributed by atoms with Crippen LogP contribution in [0.2, 0.25) is 0 Å². The zero-order valence-electron chi connectivity index (χ0n) is 9.13. The quantitative estimate of drug-likeness (QED) is 0.712. The first-order valence-corrected chi connectivity index (χ1v) is 6.45. The topological polar surface area (TPSA) is 63.3 Å². The predicted molar refractivity (Wildman–Crippen MR) is 67.7 cm³/mol. The Hall–Kier alpha value is -1.00. The van der Waals surface area contributed by atoms with E-state index in [0.717, 1.165) is 17.9 Å². The zero-order valence-corrected chi connectivity index (χ0v) is 9.95. The average molecular weight is 239 g/mol. The van der Waals surface area contributed by atoms with E-state index in [9.17, 15) is 4.79 Å². The van der Waals surface area contributed by atoms with Crippen LogP contribution in [0.5, 0.6) is 0 Å². The number of benzene rings is 1. The molecule has 1 aromatic rings. The average Bonchev–Trinajstić information content (AvgIpc) is 2.29. The molecule has 1 aromatic carbocycles. The third kappa shape index (κ3) is 5.19. The number of nitrogens with two attached hydrogens (primary N) is 1. The van der Waals surface area contributed by atoms with Gasteiger partial charge in [-0.3, -0.25) is 4.79 Å². The highest BCUT2D eigenvalue weighted by molar-refractivity contribution is 7.99. The lowest BCUT2D eigenvalue weighted by Gasteiger charge is -2.05. The number of carboxylic acid groups (broad SMARTS) is 1. The fourth-order valence-electron chi connectivity index (χ4n) is 1.27. The van der Waals surface area contributed by atoms with Crippen LogP contribution < -0.4 is 5.73 Å². The lowest BCUT2D eigenvalue weighted by atomic mass is 10.2. The van der Waals surface area contributed by atoms with E-state index in [4.69, 9.17) is 10.8 Å². The normalized spacial score (nSPS) is 12.3. The molecule has 0 saturated heterocycles. The molecule has 0 spiro atoms. The van der Waals surface area contributed by atoms with Crippen molar-refractivity contribution in [2.24, 2.45) is 5.73 Å². The van der Waals surface area contributed by atoms with Crippen LogP contribution >= 0.6 is 11.8 Å². The Morgan fingerprint density at radius 2 is 2.00 bits per heavy atom. The molecule has 1 rings (SSSR count). The number of thioether (sulfide) groups is 1. The van der Waals surface area contributed by atoms with Gasteiger partial charge in [-0.15, -0.1) is 0 Å². The molecule has 0 saturated carbocycles. The smallest absolute Gasteiger partial charge is 0.320 e. The fourth-order valence-corrected chi connectivity index (χ4v) is 2.28. The second-order valence-electron chi connectivity index (χ2n) is 3.58. The lowest BCUT2D eigenvalue weighted by Crippen LogP contribution is -2.30. The third-order valence-electron chi connectivity index (χ3n) is 2.27. The number of aryl methyl sites for hydroxylation is 1. The van der Waals surface area contributed by atoms with Gasteiger partial charge in [0.15, 0.2) is 0 Å². The monoisotopic (exact) mass is 239 g/mol. The molecule has 0 aliphatic carbocycles. The van der Waals surface area contributed by atoms with Gasteiger partial charge >= 0.3 is 5.97 Å². The van der Waals surface area contributed by atoms with Crippen molar-refractivity contribution in [3.8, 4) is 0 Å². The van der Waals surface area contributed by atoms with E-state index in [2.05, 4.69) is 12.1 Å². The van der Waals surface area contributed by atoms with Gasteiger partial charge in [-0.1, -0.05) is 30.3 Å². The van der Waals surface area contributed by atoms with Gasteiger partial charge in [0.2, 0.25) is 0 Å². The zero-order chi connectivity index (χ0) is 11.8. The Labute approximate surface area is 100 Å². The molecular weight excluding hydrogens is 222 g/mol. The molecule has 0 unspecified atom stereocenters. The first-order valence-electron chi connectivity index (χ1n) is 5.30. The van der Waals surface area contributed by atoms with E-state index >= 15 is 0 Å². The number of aliphatic carboxylic acids is 1. The molecule has 1 atom stereocenters. The highest BCUT2D eigenvalue weighted by Crippen LogP contribution is 2.08. The van der Waals surface area contributed by atoms with Gasteiger partial charge in [-0.25, -0.2) is 0 Å². The SMILES string of the molecule is N[C@@H](CCSCCc1ccccc1)C(=O)O. The highest BCUT2D eigenvalue weighted by Gasteiger charge is 2.09. The Balaban J connectivity index is 2.07. The van der Waals surface area contributed by atoms with Crippen molar-refractivity contribution in [1.82, 2.24) is 0 Å². The van der Waals surface area contributed by atoms with Crippen LogP contribution in [-0.2, 0) is 11.2 Å². The van der Waals surface area contributed by atoms with Gasteiger partial charge in [0.1, 0.15) is 6.04 Å². The van der Waals surface area contributed by atoms with E-state index in [0.29, 0.717) is 6.42 Å². The summed E-state index contributed by atoms with van der Waals surface area (Å²) in [5.41, 5.74) is 6.71. The summed E-state index contributed by atoms with van der Waals surface area (Å²) >= 11 is 1.75. The minimum absolute atomic E-state index is 0.536. The molecule has 0 aliphatic heterocycles.